The predicted octanol–water partition coefficient (Wildman–Crippen LogP) is 3.99. The van der Waals surface area contributed by atoms with E-state index >= 15 is 0 Å². The molecule has 1 saturated heterocycles. The van der Waals surface area contributed by atoms with Crippen molar-refractivity contribution in [2.24, 2.45) is 5.92 Å². The number of nitrogens with one attached hydrogen (secondary N) is 1. The van der Waals surface area contributed by atoms with Crippen LogP contribution in [0.3, 0.4) is 0 Å². The summed E-state index contributed by atoms with van der Waals surface area (Å²) in [5, 5.41) is 3.28. The molecule has 0 atom stereocenters. The van der Waals surface area contributed by atoms with Gasteiger partial charge in [-0.25, -0.2) is 0 Å². The molecule has 1 amide bonds. The van der Waals surface area contributed by atoms with Gasteiger partial charge in [-0.15, -0.1) is 0 Å². The normalized spacial score (nSPS) is 25.1. The van der Waals surface area contributed by atoms with E-state index in [0.29, 0.717) is 6.04 Å². The van der Waals surface area contributed by atoms with Crippen molar-refractivity contribution in [2.75, 3.05) is 44.7 Å². The molecule has 3 aliphatic rings. The van der Waals surface area contributed by atoms with Gasteiger partial charge in [0.1, 0.15) is 5.75 Å². The number of carbonyl (C=O) groups is 1. The number of nitrogens with zero attached hydrogens (tertiary/aromatic N) is 2. The lowest BCUT2D eigenvalue weighted by Gasteiger charge is -2.37. The quantitative estimate of drug-likeness (QED) is 0.737. The minimum Gasteiger partial charge on any atom is -0.497 e. The van der Waals surface area contributed by atoms with E-state index in [9.17, 15) is 4.79 Å². The summed E-state index contributed by atoms with van der Waals surface area (Å²) in [5.74, 6) is 1.94. The van der Waals surface area contributed by atoms with E-state index in [2.05, 4.69) is 33.3 Å². The van der Waals surface area contributed by atoms with Crippen LogP contribution in [0, 0.1) is 5.92 Å². The van der Waals surface area contributed by atoms with Gasteiger partial charge in [-0.2, -0.15) is 0 Å². The van der Waals surface area contributed by atoms with Gasteiger partial charge in [-0.1, -0.05) is 6.08 Å². The van der Waals surface area contributed by atoms with Gasteiger partial charge < -0.3 is 15.0 Å². The van der Waals surface area contributed by atoms with Gasteiger partial charge in [-0.3, -0.25) is 9.69 Å². The fourth-order valence-electron chi connectivity index (χ4n) is 5.14. The van der Waals surface area contributed by atoms with Gasteiger partial charge in [0.2, 0.25) is 5.91 Å². The van der Waals surface area contributed by atoms with E-state index in [1.807, 2.05) is 12.1 Å². The first-order chi connectivity index (χ1) is 14.7. The second-order valence-corrected chi connectivity index (χ2v) is 9.13. The lowest BCUT2D eigenvalue weighted by atomic mass is 9.84. The number of hydrogen-bond acceptors (Lipinski definition) is 4. The van der Waals surface area contributed by atoms with Crippen molar-refractivity contribution in [1.82, 2.24) is 10.2 Å². The number of hydrogen-bond donors (Lipinski definition) is 1. The Kier molecular flexibility index (Phi) is 7.32. The van der Waals surface area contributed by atoms with Crippen LogP contribution in [0.2, 0.25) is 0 Å². The van der Waals surface area contributed by atoms with Crippen molar-refractivity contribution < 1.29 is 9.53 Å². The molecule has 5 nitrogen and oxygen atoms in total. The van der Waals surface area contributed by atoms with Crippen LogP contribution in [0.5, 0.6) is 5.75 Å². The van der Waals surface area contributed by atoms with Crippen LogP contribution < -0.4 is 15.0 Å². The Hall–Kier alpha value is -2.01. The van der Waals surface area contributed by atoms with E-state index in [4.69, 9.17) is 4.74 Å². The molecule has 1 aliphatic heterocycles. The molecule has 1 saturated carbocycles. The minimum absolute atomic E-state index is 0.200. The molecule has 1 aromatic carbocycles. The molecular formula is C25H37N3O2. The highest BCUT2D eigenvalue weighted by molar-refractivity contribution is 5.93. The largest absolute Gasteiger partial charge is 0.497 e. The molecule has 0 unspecified atom stereocenters. The first-order valence-corrected chi connectivity index (χ1v) is 11.8. The third-order valence-electron chi connectivity index (χ3n) is 7.18. The van der Waals surface area contributed by atoms with E-state index in [1.54, 1.807) is 7.11 Å². The van der Waals surface area contributed by atoms with Crippen molar-refractivity contribution >= 4 is 11.6 Å². The van der Waals surface area contributed by atoms with Crippen LogP contribution in [0.4, 0.5) is 5.69 Å². The maximum absolute atomic E-state index is 12.3. The topological polar surface area (TPSA) is 44.8 Å². The number of piperazine rings is 1. The van der Waals surface area contributed by atoms with E-state index in [-0.39, 0.29) is 5.91 Å². The van der Waals surface area contributed by atoms with Gasteiger partial charge in [0.05, 0.1) is 7.11 Å². The minimum atomic E-state index is 0.200. The Morgan fingerprint density at radius 1 is 1.07 bits per heavy atom. The Bertz CT molecular complexity index is 714. The lowest BCUT2D eigenvalue weighted by molar-refractivity contribution is -0.118. The molecule has 1 N–H and O–H groups in total. The van der Waals surface area contributed by atoms with Crippen LogP contribution in [0.25, 0.3) is 0 Å². The van der Waals surface area contributed by atoms with E-state index in [1.165, 1.54) is 31.5 Å². The molecule has 0 bridgehead atoms. The van der Waals surface area contributed by atoms with Crippen LogP contribution in [0.1, 0.15) is 51.4 Å². The summed E-state index contributed by atoms with van der Waals surface area (Å²) in [6.45, 7) is 5.70. The summed E-state index contributed by atoms with van der Waals surface area (Å²) in [6, 6.07) is 8.81. The lowest BCUT2D eigenvalue weighted by Crippen LogP contribution is -2.47. The number of methoxy groups -OCH3 is 1. The first kappa shape index (κ1) is 21.2. The van der Waals surface area contributed by atoms with Crippen molar-refractivity contribution in [2.45, 2.75) is 57.4 Å². The Morgan fingerprint density at radius 2 is 1.80 bits per heavy atom. The number of anilines is 1. The van der Waals surface area contributed by atoms with Crippen molar-refractivity contribution in [3.63, 3.8) is 0 Å². The molecule has 4 rings (SSSR count). The number of carbonyl (C=O) groups excluding carboxylic acids is 1. The summed E-state index contributed by atoms with van der Waals surface area (Å²) in [4.78, 5) is 17.4. The molecular weight excluding hydrogens is 374 g/mol. The number of amides is 1. The van der Waals surface area contributed by atoms with Crippen LogP contribution in [-0.4, -0.2) is 56.7 Å². The van der Waals surface area contributed by atoms with Crippen molar-refractivity contribution in [1.29, 1.82) is 0 Å². The number of ether oxygens (including phenoxy) is 1. The fraction of sp³-hybridized carbons (Fsp3) is 0.640. The first-order valence-electron chi connectivity index (χ1n) is 11.8. The Labute approximate surface area is 181 Å². The molecule has 164 valence electrons. The highest BCUT2D eigenvalue weighted by Crippen LogP contribution is 2.28. The number of rotatable bonds is 7. The maximum atomic E-state index is 12.3. The summed E-state index contributed by atoms with van der Waals surface area (Å²) in [5.41, 5.74) is 2.31. The van der Waals surface area contributed by atoms with Gasteiger partial charge in [0.25, 0.3) is 0 Å². The third-order valence-corrected chi connectivity index (χ3v) is 7.18. The zero-order chi connectivity index (χ0) is 20.8. The second-order valence-electron chi connectivity index (χ2n) is 9.13. The summed E-state index contributed by atoms with van der Waals surface area (Å²) < 4.78 is 5.26. The Balaban J connectivity index is 1.12. The highest BCUT2D eigenvalue weighted by Gasteiger charge is 2.25. The summed E-state index contributed by atoms with van der Waals surface area (Å²) >= 11 is 0. The van der Waals surface area contributed by atoms with Crippen LogP contribution in [-0.2, 0) is 4.79 Å². The van der Waals surface area contributed by atoms with Crippen molar-refractivity contribution in [3.05, 3.63) is 35.9 Å². The maximum Gasteiger partial charge on any atom is 0.247 e. The van der Waals surface area contributed by atoms with Crippen LogP contribution in [0.15, 0.2) is 35.9 Å². The van der Waals surface area contributed by atoms with Gasteiger partial charge in [0.15, 0.2) is 0 Å². The van der Waals surface area contributed by atoms with Gasteiger partial charge in [-0.05, 0) is 88.1 Å². The Morgan fingerprint density at radius 3 is 2.43 bits per heavy atom. The average molecular weight is 412 g/mol. The van der Waals surface area contributed by atoms with Crippen LogP contribution >= 0.6 is 0 Å². The zero-order valence-corrected chi connectivity index (χ0v) is 18.4. The molecule has 0 aromatic heterocycles. The standard InChI is InChI=1S/C25H37N3O2/c1-30-24-12-10-23(11-13-24)28-18-16-27(17-19-28)15-14-20-6-8-22(9-7-20)26-25(29)21-4-2-3-5-21/h4,10-13,20,22H,2-3,5-9,14-19H2,1H3,(H,26,29). The van der Waals surface area contributed by atoms with Gasteiger partial charge in [0, 0.05) is 43.5 Å². The average Bonchev–Trinajstić information content (AvgIpc) is 3.34. The summed E-state index contributed by atoms with van der Waals surface area (Å²) in [6.07, 6.45) is 11.4. The summed E-state index contributed by atoms with van der Waals surface area (Å²) in [7, 11) is 1.71. The third kappa shape index (κ3) is 5.57. The van der Waals surface area contributed by atoms with Gasteiger partial charge >= 0.3 is 0 Å². The van der Waals surface area contributed by atoms with E-state index in [0.717, 1.165) is 75.5 Å². The second kappa shape index (κ2) is 10.3. The highest BCUT2D eigenvalue weighted by atomic mass is 16.5. The molecule has 1 heterocycles. The molecule has 2 aliphatic carbocycles. The molecule has 1 aromatic rings. The molecule has 0 radical (unpaired) electrons. The number of allylic oxidation sites excluding steroid dienone is 1. The monoisotopic (exact) mass is 411 g/mol. The van der Waals surface area contributed by atoms with E-state index < -0.39 is 0 Å². The smallest absolute Gasteiger partial charge is 0.247 e. The molecule has 30 heavy (non-hydrogen) atoms. The SMILES string of the molecule is COc1ccc(N2CCN(CCC3CCC(NC(=O)C4=CCCC4)CC3)CC2)cc1. The van der Waals surface area contributed by atoms with Crippen molar-refractivity contribution in [3.8, 4) is 5.75 Å². The predicted molar refractivity (Wildman–Crippen MR) is 122 cm³/mol. The zero-order valence-electron chi connectivity index (χ0n) is 18.4. The number of benzene rings is 1. The molecule has 5 heteroatoms. The molecule has 2 fully saturated rings. The molecule has 0 spiro atoms. The fourth-order valence-corrected chi connectivity index (χ4v) is 5.14.